The van der Waals surface area contributed by atoms with E-state index in [0.717, 1.165) is 51.0 Å². The van der Waals surface area contributed by atoms with Crippen LogP contribution in [0.3, 0.4) is 0 Å². The molecule has 0 saturated carbocycles. The second-order valence-electron chi connectivity index (χ2n) is 5.47. The molecule has 0 amide bonds. The van der Waals surface area contributed by atoms with Crippen LogP contribution in [0.2, 0.25) is 0 Å². The Labute approximate surface area is 118 Å². The van der Waals surface area contributed by atoms with Crippen LogP contribution in [0.4, 0.5) is 0 Å². The maximum Gasteiger partial charge on any atom is 0.309 e. The van der Waals surface area contributed by atoms with Gasteiger partial charge in [0.05, 0.1) is 16.6 Å². The fraction of sp³-hybridized carbons (Fsp3) is 0.714. The van der Waals surface area contributed by atoms with Gasteiger partial charge in [-0.2, -0.15) is 0 Å². The second-order valence-corrected chi connectivity index (χ2v) is 6.41. The third-order valence-corrected chi connectivity index (χ3v) is 5.13. The topological polar surface area (TPSA) is 53.4 Å². The molecule has 1 aromatic rings. The molecule has 1 aliphatic heterocycles. The summed E-state index contributed by atoms with van der Waals surface area (Å²) >= 11 is 1.69. The van der Waals surface area contributed by atoms with Crippen molar-refractivity contribution in [2.24, 2.45) is 5.41 Å². The number of hydrogen-bond donors (Lipinski definition) is 1. The van der Waals surface area contributed by atoms with E-state index in [1.165, 1.54) is 4.88 Å². The van der Waals surface area contributed by atoms with Crippen molar-refractivity contribution in [2.75, 3.05) is 13.1 Å². The Morgan fingerprint density at radius 1 is 1.53 bits per heavy atom. The Morgan fingerprint density at radius 2 is 2.21 bits per heavy atom. The van der Waals surface area contributed by atoms with Crippen LogP contribution in [0.15, 0.2) is 5.51 Å². The number of aromatic nitrogens is 1. The van der Waals surface area contributed by atoms with Crippen LogP contribution in [0, 0.1) is 12.3 Å². The first kappa shape index (κ1) is 14.5. The van der Waals surface area contributed by atoms with Crippen LogP contribution >= 0.6 is 11.3 Å². The van der Waals surface area contributed by atoms with Gasteiger partial charge in [-0.25, -0.2) is 4.98 Å². The molecule has 1 saturated heterocycles. The molecule has 0 aromatic carbocycles. The van der Waals surface area contributed by atoms with E-state index < -0.39 is 11.4 Å². The van der Waals surface area contributed by atoms with E-state index >= 15 is 0 Å². The van der Waals surface area contributed by atoms with Gasteiger partial charge in [-0.15, -0.1) is 11.3 Å². The van der Waals surface area contributed by atoms with E-state index in [2.05, 4.69) is 16.8 Å². The summed E-state index contributed by atoms with van der Waals surface area (Å²) in [5, 5.41) is 9.48. The van der Waals surface area contributed by atoms with E-state index in [1.54, 1.807) is 11.3 Å². The average Bonchev–Trinajstić information content (AvgIpc) is 2.78. The van der Waals surface area contributed by atoms with Crippen molar-refractivity contribution in [1.82, 2.24) is 9.88 Å². The fourth-order valence-electron chi connectivity index (χ4n) is 2.87. The zero-order valence-electron chi connectivity index (χ0n) is 11.7. The number of aliphatic carboxylic acids is 1. The molecular weight excluding hydrogens is 260 g/mol. The van der Waals surface area contributed by atoms with Crippen LogP contribution in [0.1, 0.15) is 43.2 Å². The minimum absolute atomic E-state index is 0.478. The van der Waals surface area contributed by atoms with Gasteiger partial charge < -0.3 is 5.11 Å². The number of carbonyl (C=O) groups is 1. The number of hydrogen-bond acceptors (Lipinski definition) is 4. The lowest BCUT2D eigenvalue weighted by molar-refractivity contribution is -0.152. The van der Waals surface area contributed by atoms with E-state index in [4.69, 9.17) is 0 Å². The van der Waals surface area contributed by atoms with Gasteiger partial charge >= 0.3 is 5.97 Å². The molecule has 1 aromatic heterocycles. The Hall–Kier alpha value is -0.940. The lowest BCUT2D eigenvalue weighted by atomic mass is 9.75. The third kappa shape index (κ3) is 3.15. The second kappa shape index (κ2) is 6.01. The summed E-state index contributed by atoms with van der Waals surface area (Å²) in [7, 11) is 0. The standard InChI is InChI=1S/C14H22N2O2S/c1-3-4-14(13(17)18)5-7-16(8-6-14)9-12-11(2)15-10-19-12/h10H,3-9H2,1-2H3,(H,17,18). The molecule has 0 radical (unpaired) electrons. The smallest absolute Gasteiger partial charge is 0.309 e. The minimum atomic E-state index is -0.608. The van der Waals surface area contributed by atoms with Crippen LogP contribution in [0.5, 0.6) is 0 Å². The Balaban J connectivity index is 1.94. The van der Waals surface area contributed by atoms with E-state index in [1.807, 2.05) is 12.4 Å². The van der Waals surface area contributed by atoms with E-state index in [0.29, 0.717) is 0 Å². The number of thiazole rings is 1. The van der Waals surface area contributed by atoms with Gasteiger partial charge in [0.15, 0.2) is 0 Å². The highest BCUT2D eigenvalue weighted by atomic mass is 32.1. The molecule has 5 heteroatoms. The molecule has 0 spiro atoms. The minimum Gasteiger partial charge on any atom is -0.481 e. The predicted molar refractivity (Wildman–Crippen MR) is 76.3 cm³/mol. The first-order chi connectivity index (χ1) is 9.07. The Bertz CT molecular complexity index is 436. The molecule has 0 aliphatic carbocycles. The van der Waals surface area contributed by atoms with Crippen molar-refractivity contribution >= 4 is 17.3 Å². The Kier molecular flexibility index (Phi) is 4.58. The van der Waals surface area contributed by atoms with Gasteiger partial charge in [-0.3, -0.25) is 9.69 Å². The zero-order valence-corrected chi connectivity index (χ0v) is 12.5. The van der Waals surface area contributed by atoms with Crippen LogP contribution in [0.25, 0.3) is 0 Å². The summed E-state index contributed by atoms with van der Waals surface area (Å²) in [4.78, 5) is 19.4. The van der Waals surface area contributed by atoms with Gasteiger partial charge in [-0.05, 0) is 39.3 Å². The molecule has 0 atom stereocenters. The van der Waals surface area contributed by atoms with E-state index in [9.17, 15) is 9.90 Å². The maximum absolute atomic E-state index is 11.5. The lowest BCUT2D eigenvalue weighted by Crippen LogP contribution is -2.44. The number of carboxylic acid groups (broad SMARTS) is 1. The molecule has 106 valence electrons. The zero-order chi connectivity index (χ0) is 13.9. The summed E-state index contributed by atoms with van der Waals surface area (Å²) in [5.41, 5.74) is 2.51. The fourth-order valence-corrected chi connectivity index (χ4v) is 3.69. The van der Waals surface area contributed by atoms with Crippen molar-refractivity contribution in [1.29, 1.82) is 0 Å². The molecule has 0 bridgehead atoms. The Morgan fingerprint density at radius 3 is 2.68 bits per heavy atom. The van der Waals surface area contributed by atoms with Crippen LogP contribution < -0.4 is 0 Å². The van der Waals surface area contributed by atoms with E-state index in [-0.39, 0.29) is 0 Å². The molecule has 2 rings (SSSR count). The summed E-state index contributed by atoms with van der Waals surface area (Å²) < 4.78 is 0. The quantitative estimate of drug-likeness (QED) is 0.902. The predicted octanol–water partition coefficient (Wildman–Crippen LogP) is 2.92. The van der Waals surface area contributed by atoms with Crippen LogP contribution in [-0.4, -0.2) is 34.0 Å². The number of rotatable bonds is 5. The maximum atomic E-state index is 11.5. The van der Waals surface area contributed by atoms with Gasteiger partial charge in [0, 0.05) is 11.4 Å². The summed E-state index contributed by atoms with van der Waals surface area (Å²) in [6, 6.07) is 0. The lowest BCUT2D eigenvalue weighted by Gasteiger charge is -2.38. The molecular formula is C14H22N2O2S. The highest BCUT2D eigenvalue weighted by Crippen LogP contribution is 2.37. The normalized spacial score (nSPS) is 19.5. The molecule has 0 unspecified atom stereocenters. The van der Waals surface area contributed by atoms with Gasteiger partial charge in [0.1, 0.15) is 0 Å². The van der Waals surface area contributed by atoms with Gasteiger partial charge in [0.2, 0.25) is 0 Å². The first-order valence-electron chi connectivity index (χ1n) is 6.92. The average molecular weight is 282 g/mol. The number of aryl methyl sites for hydroxylation is 1. The molecule has 1 aliphatic rings. The molecule has 1 N–H and O–H groups in total. The van der Waals surface area contributed by atoms with Crippen molar-refractivity contribution in [3.05, 3.63) is 16.1 Å². The molecule has 19 heavy (non-hydrogen) atoms. The van der Waals surface area contributed by atoms with Crippen molar-refractivity contribution < 1.29 is 9.90 Å². The van der Waals surface area contributed by atoms with Crippen molar-refractivity contribution in [3.63, 3.8) is 0 Å². The number of carboxylic acids is 1. The summed E-state index contributed by atoms with van der Waals surface area (Å²) in [6.45, 7) is 6.78. The van der Waals surface area contributed by atoms with Crippen LogP contribution in [-0.2, 0) is 11.3 Å². The SMILES string of the molecule is CCCC1(C(=O)O)CCN(Cc2scnc2C)CC1. The summed E-state index contributed by atoms with van der Waals surface area (Å²) in [5.74, 6) is -0.608. The monoisotopic (exact) mass is 282 g/mol. The number of nitrogens with zero attached hydrogens (tertiary/aromatic N) is 2. The number of likely N-dealkylation sites (tertiary alicyclic amines) is 1. The third-order valence-electron chi connectivity index (χ3n) is 4.21. The largest absolute Gasteiger partial charge is 0.481 e. The molecule has 4 nitrogen and oxygen atoms in total. The first-order valence-corrected chi connectivity index (χ1v) is 7.80. The van der Waals surface area contributed by atoms with Gasteiger partial charge in [0.25, 0.3) is 0 Å². The highest BCUT2D eigenvalue weighted by Gasteiger charge is 2.40. The van der Waals surface area contributed by atoms with Crippen molar-refractivity contribution in [3.8, 4) is 0 Å². The summed E-state index contributed by atoms with van der Waals surface area (Å²) in [6.07, 6.45) is 3.29. The van der Waals surface area contributed by atoms with Gasteiger partial charge in [-0.1, -0.05) is 13.3 Å². The highest BCUT2D eigenvalue weighted by molar-refractivity contribution is 7.09. The molecule has 2 heterocycles. The molecule has 1 fully saturated rings. The van der Waals surface area contributed by atoms with Crippen molar-refractivity contribution in [2.45, 2.75) is 46.1 Å². The number of piperidine rings is 1.